The lowest BCUT2D eigenvalue weighted by Crippen LogP contribution is -2.30. The third-order valence-corrected chi connectivity index (χ3v) is 5.83. The molecule has 1 atom stereocenters. The number of rotatable bonds is 5. The molecule has 0 aliphatic carbocycles. The number of likely N-dealkylation sites (N-methyl/N-ethyl adjacent to an activating group) is 1. The Kier molecular flexibility index (Phi) is 4.99. The van der Waals surface area contributed by atoms with E-state index in [0.29, 0.717) is 12.5 Å². The average Bonchev–Trinajstić information content (AvgIpc) is 3.28. The van der Waals surface area contributed by atoms with Gasteiger partial charge in [0.25, 0.3) is 0 Å². The Hall–Kier alpha value is -2.25. The van der Waals surface area contributed by atoms with Crippen LogP contribution in [0.25, 0.3) is 10.2 Å². The van der Waals surface area contributed by atoms with Crippen LogP contribution in [0.15, 0.2) is 36.5 Å². The highest BCUT2D eigenvalue weighted by atomic mass is 32.1. The van der Waals surface area contributed by atoms with Crippen LogP contribution < -0.4 is 5.32 Å². The van der Waals surface area contributed by atoms with Crippen molar-refractivity contribution in [3.05, 3.63) is 47.2 Å². The summed E-state index contributed by atoms with van der Waals surface area (Å²) in [5.74, 6) is 0.501. The van der Waals surface area contributed by atoms with E-state index in [4.69, 9.17) is 0 Å². The second-order valence-corrected chi connectivity index (χ2v) is 7.92. The molecule has 1 aromatic carbocycles. The van der Waals surface area contributed by atoms with E-state index in [1.54, 1.807) is 20.9 Å². The number of carbonyl (C=O) groups excluding carboxylic acids is 1. The van der Waals surface area contributed by atoms with Crippen molar-refractivity contribution in [3.8, 4) is 0 Å². The minimum Gasteiger partial charge on any atom is -0.337 e. The summed E-state index contributed by atoms with van der Waals surface area (Å²) in [6.07, 6.45) is 4.25. The molecule has 6 nitrogen and oxygen atoms in total. The lowest BCUT2D eigenvalue weighted by Gasteiger charge is -2.20. The molecule has 0 spiro atoms. The molecule has 1 aliphatic rings. The number of benzene rings is 1. The van der Waals surface area contributed by atoms with Gasteiger partial charge in [-0.3, -0.25) is 9.48 Å². The van der Waals surface area contributed by atoms with E-state index >= 15 is 0 Å². The first-order valence-corrected chi connectivity index (χ1v) is 9.83. The van der Waals surface area contributed by atoms with Gasteiger partial charge in [0, 0.05) is 25.7 Å². The first-order chi connectivity index (χ1) is 12.7. The molecule has 4 rings (SSSR count). The summed E-state index contributed by atoms with van der Waals surface area (Å²) in [6, 6.07) is 10.1. The standard InChI is InChI=1S/C19H23N5OS/c1-23(12-18-21-16-6-2-3-7-17(16)26-18)19(25)13-24-10-8-15(22-24)14-5-4-9-20-11-14/h2-3,6-8,10,14,20H,4-5,9,11-13H2,1H3/t14-/m1/s1. The fourth-order valence-electron chi connectivity index (χ4n) is 3.33. The monoisotopic (exact) mass is 369 g/mol. The fraction of sp³-hybridized carbons (Fsp3) is 0.421. The number of piperidine rings is 1. The van der Waals surface area contributed by atoms with Crippen LogP contribution in [0.2, 0.25) is 0 Å². The quantitative estimate of drug-likeness (QED) is 0.751. The number of hydrogen-bond donors (Lipinski definition) is 1. The van der Waals surface area contributed by atoms with Crippen molar-refractivity contribution in [1.82, 2.24) is 25.0 Å². The highest BCUT2D eigenvalue weighted by Crippen LogP contribution is 2.23. The Labute approximate surface area is 156 Å². The smallest absolute Gasteiger partial charge is 0.244 e. The number of para-hydroxylation sites is 1. The van der Waals surface area contributed by atoms with Crippen molar-refractivity contribution < 1.29 is 4.79 Å². The predicted octanol–water partition coefficient (Wildman–Crippen LogP) is 2.62. The Morgan fingerprint density at radius 2 is 2.27 bits per heavy atom. The maximum absolute atomic E-state index is 12.5. The normalized spacial score (nSPS) is 17.5. The first-order valence-electron chi connectivity index (χ1n) is 9.01. The number of amides is 1. The molecule has 26 heavy (non-hydrogen) atoms. The van der Waals surface area contributed by atoms with Gasteiger partial charge in [-0.2, -0.15) is 5.10 Å². The summed E-state index contributed by atoms with van der Waals surface area (Å²) in [4.78, 5) is 18.9. The van der Waals surface area contributed by atoms with Gasteiger partial charge in [0.1, 0.15) is 11.6 Å². The van der Waals surface area contributed by atoms with Gasteiger partial charge >= 0.3 is 0 Å². The van der Waals surface area contributed by atoms with Gasteiger partial charge in [0.05, 0.1) is 22.5 Å². The lowest BCUT2D eigenvalue weighted by molar-refractivity contribution is -0.131. The maximum Gasteiger partial charge on any atom is 0.244 e. The van der Waals surface area contributed by atoms with Gasteiger partial charge in [-0.25, -0.2) is 4.98 Å². The third kappa shape index (κ3) is 3.78. The van der Waals surface area contributed by atoms with E-state index < -0.39 is 0 Å². The summed E-state index contributed by atoms with van der Waals surface area (Å²) < 4.78 is 2.90. The van der Waals surface area contributed by atoms with Crippen LogP contribution in [0.4, 0.5) is 0 Å². The zero-order valence-electron chi connectivity index (χ0n) is 14.9. The van der Waals surface area contributed by atoms with Gasteiger partial charge in [0.2, 0.25) is 5.91 Å². The van der Waals surface area contributed by atoms with Crippen LogP contribution in [0.1, 0.15) is 29.5 Å². The van der Waals surface area contributed by atoms with E-state index in [-0.39, 0.29) is 12.5 Å². The zero-order valence-corrected chi connectivity index (χ0v) is 15.7. The Bertz CT molecular complexity index is 863. The van der Waals surface area contributed by atoms with Gasteiger partial charge in [-0.15, -0.1) is 11.3 Å². The molecule has 3 heterocycles. The molecule has 1 fully saturated rings. The molecule has 1 aliphatic heterocycles. The van der Waals surface area contributed by atoms with Crippen LogP contribution in [0.3, 0.4) is 0 Å². The van der Waals surface area contributed by atoms with Crippen molar-refractivity contribution in [2.75, 3.05) is 20.1 Å². The number of aromatic nitrogens is 3. The van der Waals surface area contributed by atoms with Crippen LogP contribution in [0.5, 0.6) is 0 Å². The van der Waals surface area contributed by atoms with Gasteiger partial charge in [-0.1, -0.05) is 12.1 Å². The molecule has 1 saturated heterocycles. The number of thiazole rings is 1. The average molecular weight is 369 g/mol. The molecule has 0 saturated carbocycles. The fourth-order valence-corrected chi connectivity index (χ4v) is 4.35. The number of nitrogens with one attached hydrogen (secondary N) is 1. The summed E-state index contributed by atoms with van der Waals surface area (Å²) >= 11 is 1.64. The largest absolute Gasteiger partial charge is 0.337 e. The summed E-state index contributed by atoms with van der Waals surface area (Å²) in [5.41, 5.74) is 2.07. The third-order valence-electron chi connectivity index (χ3n) is 4.81. The van der Waals surface area contributed by atoms with E-state index in [1.807, 2.05) is 37.5 Å². The zero-order chi connectivity index (χ0) is 17.9. The minimum atomic E-state index is 0.0423. The predicted molar refractivity (Wildman–Crippen MR) is 103 cm³/mol. The van der Waals surface area contributed by atoms with Gasteiger partial charge in [0.15, 0.2) is 0 Å². The molecular weight excluding hydrogens is 346 g/mol. The molecule has 1 amide bonds. The second-order valence-electron chi connectivity index (χ2n) is 6.81. The molecule has 0 unspecified atom stereocenters. The SMILES string of the molecule is CN(Cc1nc2ccccc2s1)C(=O)Cn1ccc([C@@H]2CCCNC2)n1. The highest BCUT2D eigenvalue weighted by molar-refractivity contribution is 7.18. The molecule has 2 aromatic heterocycles. The van der Waals surface area contributed by atoms with Crippen LogP contribution in [-0.2, 0) is 17.9 Å². The van der Waals surface area contributed by atoms with E-state index in [1.165, 1.54) is 6.42 Å². The first kappa shape index (κ1) is 17.2. The molecular formula is C19H23N5OS. The number of hydrogen-bond acceptors (Lipinski definition) is 5. The molecule has 136 valence electrons. The number of nitrogens with zero attached hydrogens (tertiary/aromatic N) is 4. The lowest BCUT2D eigenvalue weighted by atomic mass is 9.97. The van der Waals surface area contributed by atoms with Crippen LogP contribution in [0, 0.1) is 0 Å². The van der Waals surface area contributed by atoms with Gasteiger partial charge in [-0.05, 0) is 37.6 Å². The van der Waals surface area contributed by atoms with E-state index in [9.17, 15) is 4.79 Å². The van der Waals surface area contributed by atoms with Crippen molar-refractivity contribution in [2.24, 2.45) is 0 Å². The summed E-state index contributed by atoms with van der Waals surface area (Å²) in [5, 5.41) is 8.98. The topological polar surface area (TPSA) is 63.1 Å². The summed E-state index contributed by atoms with van der Waals surface area (Å²) in [6.45, 7) is 2.86. The molecule has 0 radical (unpaired) electrons. The number of fused-ring (bicyclic) bond motifs is 1. The van der Waals surface area contributed by atoms with Crippen LogP contribution in [-0.4, -0.2) is 45.7 Å². The Morgan fingerprint density at radius 1 is 1.38 bits per heavy atom. The van der Waals surface area contributed by atoms with Crippen molar-refractivity contribution in [1.29, 1.82) is 0 Å². The Morgan fingerprint density at radius 3 is 3.08 bits per heavy atom. The molecule has 1 N–H and O–H groups in total. The van der Waals surface area contributed by atoms with Crippen molar-refractivity contribution >= 4 is 27.5 Å². The van der Waals surface area contributed by atoms with Crippen molar-refractivity contribution in [3.63, 3.8) is 0 Å². The highest BCUT2D eigenvalue weighted by Gasteiger charge is 2.19. The van der Waals surface area contributed by atoms with Gasteiger partial charge < -0.3 is 10.2 Å². The summed E-state index contributed by atoms with van der Waals surface area (Å²) in [7, 11) is 1.82. The Balaban J connectivity index is 1.37. The maximum atomic E-state index is 12.5. The molecule has 7 heteroatoms. The molecule has 0 bridgehead atoms. The van der Waals surface area contributed by atoms with E-state index in [2.05, 4.69) is 21.5 Å². The van der Waals surface area contributed by atoms with E-state index in [0.717, 1.165) is 40.4 Å². The number of carbonyl (C=O) groups is 1. The molecule has 3 aromatic rings. The minimum absolute atomic E-state index is 0.0423. The second kappa shape index (κ2) is 7.55. The van der Waals surface area contributed by atoms with Crippen LogP contribution >= 0.6 is 11.3 Å². The van der Waals surface area contributed by atoms with Crippen molar-refractivity contribution in [2.45, 2.75) is 31.8 Å².